The van der Waals surface area contributed by atoms with Crippen LogP contribution >= 0.6 is 21.6 Å². The van der Waals surface area contributed by atoms with Gasteiger partial charge in [-0.05, 0) is 43.9 Å². The number of urea groups is 1. The van der Waals surface area contributed by atoms with Crippen LogP contribution in [-0.2, 0) is 62.4 Å². The van der Waals surface area contributed by atoms with E-state index in [2.05, 4.69) is 62.8 Å². The third-order valence-electron chi connectivity index (χ3n) is 11.9. The summed E-state index contributed by atoms with van der Waals surface area (Å²) < 4.78 is 0. The molecule has 25 nitrogen and oxygen atoms in total. The van der Waals surface area contributed by atoms with E-state index in [0.29, 0.717) is 21.7 Å². The Labute approximate surface area is 432 Å². The number of fused-ring (bicyclic) bond motifs is 1. The van der Waals surface area contributed by atoms with Crippen LogP contribution in [0.4, 0.5) is 4.79 Å². The number of amides is 10. The van der Waals surface area contributed by atoms with E-state index in [1.165, 1.54) is 26.4 Å². The minimum Gasteiger partial charge on any atom is -0.370 e. The number of hydrogen-bond acceptors (Lipinski definition) is 14. The van der Waals surface area contributed by atoms with Crippen LogP contribution < -0.4 is 53.6 Å². The summed E-state index contributed by atoms with van der Waals surface area (Å²) in [5, 5.41) is 32.1. The number of ketones is 1. The molecule has 2 aromatic carbocycles. The molecule has 7 atom stereocenters. The van der Waals surface area contributed by atoms with Crippen LogP contribution in [0.3, 0.4) is 0 Å². The molecule has 27 heteroatoms. The van der Waals surface area contributed by atoms with Gasteiger partial charge in [-0.15, -0.1) is 0 Å². The fourth-order valence-electron chi connectivity index (χ4n) is 7.85. The third kappa shape index (κ3) is 16.0. The van der Waals surface area contributed by atoms with Crippen LogP contribution in [-0.4, -0.2) is 158 Å². The number of para-hydroxylation sites is 1. The summed E-state index contributed by atoms with van der Waals surface area (Å²) >= 11 is 0. The van der Waals surface area contributed by atoms with Crippen molar-refractivity contribution in [3.8, 4) is 0 Å². The maximum Gasteiger partial charge on any atom is 0.325 e. The van der Waals surface area contributed by atoms with Gasteiger partial charge in [-0.25, -0.2) is 9.78 Å². The van der Waals surface area contributed by atoms with E-state index in [-0.39, 0.29) is 62.7 Å². The van der Waals surface area contributed by atoms with E-state index in [0.717, 1.165) is 32.5 Å². The molecule has 0 bridgehead atoms. The number of aromatic amines is 2. The molecule has 4 aromatic rings. The first kappa shape index (κ1) is 55.4. The molecule has 2 saturated heterocycles. The van der Waals surface area contributed by atoms with Crippen molar-refractivity contribution >= 4 is 97.5 Å². The van der Waals surface area contributed by atoms with Crippen molar-refractivity contribution in [1.29, 1.82) is 5.41 Å². The van der Waals surface area contributed by atoms with Gasteiger partial charge in [0.05, 0.1) is 18.9 Å². The number of carbonyl (C=O) groups excluding carboxylic acids is 10. The molecule has 14 N–H and O–H groups in total. The summed E-state index contributed by atoms with van der Waals surface area (Å²) in [4.78, 5) is 148. The first-order valence-electron chi connectivity index (χ1n) is 23.5. The molecular weight excluding hydrogens is 999 g/mol. The normalized spacial score (nSPS) is 23.1. The number of imide groups is 1. The number of benzene rings is 2. The lowest BCUT2D eigenvalue weighted by Crippen LogP contribution is -2.60. The maximum atomic E-state index is 14.6. The van der Waals surface area contributed by atoms with Gasteiger partial charge < -0.3 is 63.6 Å². The number of nitrogens with zero attached hydrogens (tertiary/aromatic N) is 2. The van der Waals surface area contributed by atoms with E-state index in [1.54, 1.807) is 36.5 Å². The molecule has 10 amide bonds. The van der Waals surface area contributed by atoms with Gasteiger partial charge in [0.15, 0.2) is 11.7 Å². The third-order valence-corrected chi connectivity index (χ3v) is 14.3. The number of rotatable bonds is 14. The monoisotopic (exact) mass is 1060 g/mol. The summed E-state index contributed by atoms with van der Waals surface area (Å²) in [6.07, 6.45) is 4.32. The number of carbonyl (C=O) groups is 10. The number of nitrogens with one attached hydrogen (secondary N) is 12. The summed E-state index contributed by atoms with van der Waals surface area (Å²) in [7, 11) is 2.09. The minimum atomic E-state index is -1.40. The van der Waals surface area contributed by atoms with Crippen molar-refractivity contribution in [2.24, 2.45) is 5.73 Å². The Balaban J connectivity index is 1.36. The second-order valence-electron chi connectivity index (χ2n) is 17.5. The van der Waals surface area contributed by atoms with Gasteiger partial charge in [-0.3, -0.25) is 53.5 Å². The maximum absolute atomic E-state index is 14.6. The predicted molar refractivity (Wildman–Crippen MR) is 273 cm³/mol. The Kier molecular flexibility index (Phi) is 20.0. The Morgan fingerprint density at radius 3 is 2.07 bits per heavy atom. The highest BCUT2D eigenvalue weighted by Crippen LogP contribution is 2.24. The molecule has 0 aliphatic carbocycles. The van der Waals surface area contributed by atoms with Gasteiger partial charge in [0.25, 0.3) is 5.91 Å². The van der Waals surface area contributed by atoms with Crippen molar-refractivity contribution in [1.82, 2.24) is 67.7 Å². The smallest absolute Gasteiger partial charge is 0.325 e. The fourth-order valence-corrected chi connectivity index (χ4v) is 10.3. The molecule has 0 radical (unpaired) electrons. The molecule has 2 fully saturated rings. The molecule has 0 spiro atoms. The first-order chi connectivity index (χ1) is 35.4. The molecular formula is C47H59N15O10S2. The van der Waals surface area contributed by atoms with Crippen molar-refractivity contribution in [3.63, 3.8) is 0 Å². The fraction of sp³-hybridized carbons (Fsp3) is 0.404. The molecule has 4 heterocycles. The minimum absolute atomic E-state index is 0.0372. The van der Waals surface area contributed by atoms with E-state index in [4.69, 9.17) is 11.1 Å². The van der Waals surface area contributed by atoms with Crippen LogP contribution in [0.15, 0.2) is 73.3 Å². The average Bonchev–Trinajstić information content (AvgIpc) is 4.12. The van der Waals surface area contributed by atoms with Gasteiger partial charge in [0, 0.05) is 66.3 Å². The molecule has 0 saturated carbocycles. The van der Waals surface area contributed by atoms with Crippen molar-refractivity contribution in [2.45, 2.75) is 88.2 Å². The topological polar surface area (TPSA) is 377 Å². The Bertz CT molecular complexity index is 2690. The van der Waals surface area contributed by atoms with E-state index in [1.807, 2.05) is 24.3 Å². The summed E-state index contributed by atoms with van der Waals surface area (Å²) in [5.74, 6) is -7.45. The highest BCUT2D eigenvalue weighted by molar-refractivity contribution is 8.76. The number of aromatic nitrogens is 3. The van der Waals surface area contributed by atoms with E-state index in [9.17, 15) is 47.9 Å². The Hall–Kier alpha value is -7.94. The predicted octanol–water partition coefficient (Wildman–Crippen LogP) is -1.87. The number of hydrogen-bond donors (Lipinski definition) is 13. The molecule has 74 heavy (non-hydrogen) atoms. The lowest BCUT2D eigenvalue weighted by atomic mass is 10.0. The quantitative estimate of drug-likeness (QED) is 0.0216. The van der Waals surface area contributed by atoms with E-state index < -0.39 is 108 Å². The van der Waals surface area contributed by atoms with Crippen LogP contribution in [0.1, 0.15) is 43.5 Å². The number of Topliss-reactive ketones (excluding diaryl/α,β-unsaturated/α-hetero) is 1. The molecule has 2 aromatic heterocycles. The molecule has 2 aliphatic rings. The molecule has 2 aliphatic heterocycles. The summed E-state index contributed by atoms with van der Waals surface area (Å²) in [6, 6.07) is 5.87. The summed E-state index contributed by atoms with van der Waals surface area (Å²) in [6.45, 7) is 1.69. The number of nitrogens with two attached hydrogens (primary N) is 1. The van der Waals surface area contributed by atoms with Gasteiger partial charge in [0.1, 0.15) is 42.8 Å². The number of imidazole rings is 1. The number of H-pyrrole nitrogens is 2. The standard InChI is InChI=1S/C47H59N15O10S2/c1-25-40(66)58-35(17-29-19-50-24-54-29)44(70)59-33(15-27-9-4-3-5-10-27)42(68)57-32(13-8-14-51-46(48)49)41(67)60-34(16-28-18-52-31-12-7-6-11-30(28)31)43(69)61-36(26(2)63)22-73-74-23-37(45(71)55-25)56-38(64)21-62-39(65)20-53-47(62)72/h3-7,9-12,18-19,24-25,32-37,52H,8,13-17,20-23H2,1-2H3,(H,50,54)(H,53,72)(H,55,71)(H,56,64)(H,57,68)(H,58,66)(H,59,70)(H,60,67)(H,61,69)(H4,48,49,51)/t25-,32+,33-,34+,35+,36+,37+/m1/s1. The highest BCUT2D eigenvalue weighted by atomic mass is 33.1. The molecule has 394 valence electrons. The van der Waals surface area contributed by atoms with Crippen molar-refractivity contribution in [3.05, 3.63) is 90.1 Å². The van der Waals surface area contributed by atoms with E-state index >= 15 is 0 Å². The zero-order valence-corrected chi connectivity index (χ0v) is 42.0. The van der Waals surface area contributed by atoms with Crippen molar-refractivity contribution in [2.75, 3.05) is 31.1 Å². The van der Waals surface area contributed by atoms with Crippen LogP contribution in [0, 0.1) is 5.41 Å². The second kappa shape index (κ2) is 26.7. The lowest BCUT2D eigenvalue weighted by molar-refractivity contribution is -0.135. The van der Waals surface area contributed by atoms with Crippen LogP contribution in [0.2, 0.25) is 0 Å². The average molecular weight is 1060 g/mol. The Morgan fingerprint density at radius 2 is 1.39 bits per heavy atom. The van der Waals surface area contributed by atoms with Gasteiger partial charge in [-0.1, -0.05) is 70.1 Å². The van der Waals surface area contributed by atoms with Crippen LogP contribution in [0.5, 0.6) is 0 Å². The second-order valence-corrected chi connectivity index (χ2v) is 20.0. The van der Waals surface area contributed by atoms with Gasteiger partial charge in [0.2, 0.25) is 41.4 Å². The van der Waals surface area contributed by atoms with Gasteiger partial charge in [-0.2, -0.15) is 0 Å². The largest absolute Gasteiger partial charge is 0.370 e. The Morgan fingerprint density at radius 1 is 0.757 bits per heavy atom. The molecule has 6 rings (SSSR count). The van der Waals surface area contributed by atoms with Crippen LogP contribution in [0.25, 0.3) is 10.9 Å². The zero-order chi connectivity index (χ0) is 53.3. The molecule has 0 unspecified atom stereocenters. The number of guanidine groups is 1. The highest BCUT2D eigenvalue weighted by Gasteiger charge is 2.36. The summed E-state index contributed by atoms with van der Waals surface area (Å²) in [5.41, 5.74) is 7.96. The first-order valence-corrected chi connectivity index (χ1v) is 26.0. The van der Waals surface area contributed by atoms with Crippen molar-refractivity contribution < 1.29 is 47.9 Å². The SMILES string of the molecule is CC(=O)[C@@H]1CSSC[C@H](NC(=O)CN2C(=O)CNC2=O)C(=O)N[C@H](C)C(=O)N[C@@H](Cc2cnc[nH]2)C(=O)N[C@H](Cc2ccccc2)C(=O)N[C@@H](CCCNC(=N)N)C(=O)N[C@@H](Cc2c[nH]c3ccccc23)C(=O)N1. The van der Waals surface area contributed by atoms with Gasteiger partial charge >= 0.3 is 6.03 Å². The lowest BCUT2D eigenvalue weighted by Gasteiger charge is -2.27. The zero-order valence-electron chi connectivity index (χ0n) is 40.4.